The van der Waals surface area contributed by atoms with E-state index in [1.165, 1.54) is 10.5 Å². The van der Waals surface area contributed by atoms with Crippen LogP contribution in [-0.2, 0) is 13.6 Å². The summed E-state index contributed by atoms with van der Waals surface area (Å²) in [7, 11) is 1.99. The topological polar surface area (TPSA) is 29.9 Å². The first-order valence-corrected chi connectivity index (χ1v) is 8.57. The second kappa shape index (κ2) is 6.55. The molecular formula is C16H22BrN3S. The number of halogens is 1. The van der Waals surface area contributed by atoms with Gasteiger partial charge >= 0.3 is 0 Å². The fraction of sp³-hybridized carbons (Fsp3) is 0.438. The average molecular weight is 368 g/mol. The minimum absolute atomic E-state index is 0.109. The van der Waals surface area contributed by atoms with Gasteiger partial charge in [0.25, 0.3) is 0 Å². The Morgan fingerprint density at radius 1 is 1.29 bits per heavy atom. The molecule has 0 bridgehead atoms. The predicted molar refractivity (Wildman–Crippen MR) is 92.8 cm³/mol. The molecule has 21 heavy (non-hydrogen) atoms. The number of aryl methyl sites for hydroxylation is 2. The van der Waals surface area contributed by atoms with Gasteiger partial charge < -0.3 is 5.32 Å². The van der Waals surface area contributed by atoms with Crippen LogP contribution in [0.25, 0.3) is 0 Å². The summed E-state index contributed by atoms with van der Waals surface area (Å²) in [5, 5.41) is 9.12. The van der Waals surface area contributed by atoms with Gasteiger partial charge in [-0.15, -0.1) is 0 Å². The van der Waals surface area contributed by atoms with Crippen molar-refractivity contribution in [2.75, 3.05) is 0 Å². The highest BCUT2D eigenvalue weighted by molar-refractivity contribution is 9.10. The highest BCUT2D eigenvalue weighted by Gasteiger charge is 2.13. The molecule has 114 valence electrons. The van der Waals surface area contributed by atoms with Gasteiger partial charge in [0, 0.05) is 28.5 Å². The van der Waals surface area contributed by atoms with E-state index in [4.69, 9.17) is 0 Å². The lowest BCUT2D eigenvalue weighted by atomic mass is 10.1. The van der Waals surface area contributed by atoms with Gasteiger partial charge in [-0.2, -0.15) is 5.10 Å². The SMILES string of the molecule is Cc1cc(Sc2cc(Br)ccc2CNC(C)(C)C)n(C)n1. The van der Waals surface area contributed by atoms with Crippen molar-refractivity contribution in [1.82, 2.24) is 15.1 Å². The molecule has 0 saturated heterocycles. The average Bonchev–Trinajstić information content (AvgIpc) is 2.65. The standard InChI is InChI=1S/C16H22BrN3S/c1-11-8-15(20(5)19-11)21-14-9-13(17)7-6-12(14)10-18-16(2,3)4/h6-9,18H,10H2,1-5H3. The lowest BCUT2D eigenvalue weighted by Gasteiger charge is -2.21. The van der Waals surface area contributed by atoms with Gasteiger partial charge in [0.1, 0.15) is 0 Å². The van der Waals surface area contributed by atoms with Crippen LogP contribution in [0, 0.1) is 6.92 Å². The maximum absolute atomic E-state index is 4.41. The van der Waals surface area contributed by atoms with E-state index in [9.17, 15) is 0 Å². The summed E-state index contributed by atoms with van der Waals surface area (Å²) in [5.74, 6) is 0. The fourth-order valence-electron chi connectivity index (χ4n) is 1.92. The molecule has 0 saturated carbocycles. The third-order valence-corrected chi connectivity index (χ3v) is 4.70. The van der Waals surface area contributed by atoms with Crippen LogP contribution in [0.1, 0.15) is 32.0 Å². The molecular weight excluding hydrogens is 346 g/mol. The predicted octanol–water partition coefficient (Wildman–Crippen LogP) is 4.53. The number of aromatic nitrogens is 2. The molecule has 5 heteroatoms. The first kappa shape index (κ1) is 16.6. The Hall–Kier alpha value is -0.780. The zero-order valence-corrected chi connectivity index (χ0v) is 15.6. The minimum atomic E-state index is 0.109. The van der Waals surface area contributed by atoms with E-state index in [0.717, 1.165) is 21.7 Å². The van der Waals surface area contributed by atoms with Crippen LogP contribution in [0.2, 0.25) is 0 Å². The molecule has 1 aromatic heterocycles. The number of hydrogen-bond donors (Lipinski definition) is 1. The van der Waals surface area contributed by atoms with E-state index in [-0.39, 0.29) is 5.54 Å². The van der Waals surface area contributed by atoms with Crippen LogP contribution in [-0.4, -0.2) is 15.3 Å². The first-order chi connectivity index (χ1) is 9.74. The molecule has 0 aliphatic heterocycles. The Bertz CT molecular complexity index is 629. The van der Waals surface area contributed by atoms with Crippen LogP contribution < -0.4 is 5.32 Å². The first-order valence-electron chi connectivity index (χ1n) is 6.96. The summed E-state index contributed by atoms with van der Waals surface area (Å²) < 4.78 is 3.03. The lowest BCUT2D eigenvalue weighted by Crippen LogP contribution is -2.35. The molecule has 0 unspecified atom stereocenters. The van der Waals surface area contributed by atoms with Gasteiger partial charge in [0.15, 0.2) is 0 Å². The smallest absolute Gasteiger partial charge is 0.0987 e. The van der Waals surface area contributed by atoms with Gasteiger partial charge in [0.05, 0.1) is 10.7 Å². The molecule has 2 aromatic rings. The Labute approximate surface area is 139 Å². The monoisotopic (exact) mass is 367 g/mol. The maximum Gasteiger partial charge on any atom is 0.0987 e. The van der Waals surface area contributed by atoms with Crippen LogP contribution >= 0.6 is 27.7 Å². The highest BCUT2D eigenvalue weighted by Crippen LogP contribution is 2.33. The second-order valence-corrected chi connectivity index (χ2v) is 8.18. The van der Waals surface area contributed by atoms with Crippen molar-refractivity contribution in [3.63, 3.8) is 0 Å². The summed E-state index contributed by atoms with van der Waals surface area (Å²) in [5.41, 5.74) is 2.46. The summed E-state index contributed by atoms with van der Waals surface area (Å²) in [6, 6.07) is 8.56. The van der Waals surface area contributed by atoms with Gasteiger partial charge in [-0.05, 0) is 51.5 Å². The molecule has 0 radical (unpaired) electrons. The molecule has 1 aromatic carbocycles. The van der Waals surface area contributed by atoms with Crippen LogP contribution in [0.5, 0.6) is 0 Å². The Morgan fingerprint density at radius 2 is 2.00 bits per heavy atom. The summed E-state index contributed by atoms with van der Waals surface area (Å²) in [6.45, 7) is 9.43. The molecule has 0 spiro atoms. The number of rotatable bonds is 4. The highest BCUT2D eigenvalue weighted by atomic mass is 79.9. The fourth-order valence-corrected chi connectivity index (χ4v) is 3.52. The third-order valence-electron chi connectivity index (χ3n) is 3.01. The van der Waals surface area contributed by atoms with Crippen LogP contribution in [0.15, 0.2) is 38.7 Å². The van der Waals surface area contributed by atoms with E-state index in [1.807, 2.05) is 18.7 Å². The molecule has 0 fully saturated rings. The van der Waals surface area contributed by atoms with Crippen molar-refractivity contribution in [1.29, 1.82) is 0 Å². The Morgan fingerprint density at radius 3 is 2.57 bits per heavy atom. The van der Waals surface area contributed by atoms with E-state index >= 15 is 0 Å². The number of nitrogens with zero attached hydrogens (tertiary/aromatic N) is 2. The Balaban J connectivity index is 2.25. The van der Waals surface area contributed by atoms with Crippen molar-refractivity contribution in [3.05, 3.63) is 40.0 Å². The molecule has 3 nitrogen and oxygen atoms in total. The summed E-state index contributed by atoms with van der Waals surface area (Å²) >= 11 is 5.32. The van der Waals surface area contributed by atoms with Crippen molar-refractivity contribution < 1.29 is 0 Å². The normalized spacial score (nSPS) is 11.9. The zero-order valence-electron chi connectivity index (χ0n) is 13.2. The number of benzene rings is 1. The molecule has 1 N–H and O–H groups in total. The van der Waals surface area contributed by atoms with Gasteiger partial charge in [-0.25, -0.2) is 0 Å². The van der Waals surface area contributed by atoms with Crippen molar-refractivity contribution in [2.45, 2.75) is 49.7 Å². The summed E-state index contributed by atoms with van der Waals surface area (Å²) in [6.07, 6.45) is 0. The maximum atomic E-state index is 4.41. The van der Waals surface area contributed by atoms with Crippen LogP contribution in [0.4, 0.5) is 0 Å². The minimum Gasteiger partial charge on any atom is -0.308 e. The third kappa shape index (κ3) is 4.87. The van der Waals surface area contributed by atoms with E-state index in [2.05, 4.69) is 71.4 Å². The lowest BCUT2D eigenvalue weighted by molar-refractivity contribution is 0.422. The van der Waals surface area contributed by atoms with Gasteiger partial charge in [-0.1, -0.05) is 33.8 Å². The second-order valence-electron chi connectivity index (χ2n) is 6.21. The van der Waals surface area contributed by atoms with Crippen molar-refractivity contribution >= 4 is 27.7 Å². The van der Waals surface area contributed by atoms with Gasteiger partial charge in [0.2, 0.25) is 0 Å². The molecule has 2 rings (SSSR count). The van der Waals surface area contributed by atoms with E-state index < -0.39 is 0 Å². The summed E-state index contributed by atoms with van der Waals surface area (Å²) in [4.78, 5) is 1.25. The quantitative estimate of drug-likeness (QED) is 0.860. The molecule has 0 amide bonds. The molecule has 0 aliphatic rings. The molecule has 0 atom stereocenters. The number of nitrogens with one attached hydrogen (secondary N) is 1. The van der Waals surface area contributed by atoms with E-state index in [1.54, 1.807) is 11.8 Å². The van der Waals surface area contributed by atoms with Gasteiger partial charge in [-0.3, -0.25) is 4.68 Å². The number of hydrogen-bond acceptors (Lipinski definition) is 3. The molecule has 1 heterocycles. The van der Waals surface area contributed by atoms with Crippen molar-refractivity contribution in [3.8, 4) is 0 Å². The van der Waals surface area contributed by atoms with E-state index in [0.29, 0.717) is 0 Å². The van der Waals surface area contributed by atoms with Crippen LogP contribution in [0.3, 0.4) is 0 Å². The molecule has 0 aliphatic carbocycles. The Kier molecular flexibility index (Phi) is 5.17. The van der Waals surface area contributed by atoms with Crippen molar-refractivity contribution in [2.24, 2.45) is 7.05 Å². The zero-order chi connectivity index (χ0) is 15.6. The largest absolute Gasteiger partial charge is 0.308 e.